The van der Waals surface area contributed by atoms with E-state index in [4.69, 9.17) is 9.84 Å². The van der Waals surface area contributed by atoms with E-state index in [-0.39, 0.29) is 13.6 Å². The minimum absolute atomic E-state index is 0. The van der Waals surface area contributed by atoms with Gasteiger partial charge in [0.05, 0.1) is 0 Å². The zero-order chi connectivity index (χ0) is 17.7. The van der Waals surface area contributed by atoms with E-state index in [1.54, 1.807) is 0 Å². The van der Waals surface area contributed by atoms with Crippen LogP contribution in [0.25, 0.3) is 0 Å². The van der Waals surface area contributed by atoms with Gasteiger partial charge in [-0.25, -0.2) is 4.79 Å². The number of amides is 1. The predicted octanol–water partition coefficient (Wildman–Crippen LogP) is 5.13. The van der Waals surface area contributed by atoms with Crippen LogP contribution in [0.2, 0.25) is 0 Å². The van der Waals surface area contributed by atoms with Crippen LogP contribution >= 0.6 is 22.6 Å². The summed E-state index contributed by atoms with van der Waals surface area (Å²) in [6.45, 7) is 6.05. The first-order chi connectivity index (χ1) is 11.2. The van der Waals surface area contributed by atoms with Crippen LogP contribution in [-0.4, -0.2) is 30.5 Å². The summed E-state index contributed by atoms with van der Waals surface area (Å²) < 4.78 is 6.73. The Balaban J connectivity index is 0. The number of hydrogen-bond donors (Lipinski definition) is 2. The van der Waals surface area contributed by atoms with Gasteiger partial charge in [0.15, 0.2) is 0 Å². The minimum atomic E-state index is -0.266. The molecule has 2 N–H and O–H groups in total. The monoisotopic (exact) mass is 437 g/mol. The SMILES string of the molecule is CC.CC[C@@H](CC1=C(I)C=CCC=C1)OC(=O)NC1CC1.CO.[HH]. The molecule has 0 spiro atoms. The van der Waals surface area contributed by atoms with Crippen LogP contribution in [0.15, 0.2) is 33.5 Å². The summed E-state index contributed by atoms with van der Waals surface area (Å²) in [4.78, 5) is 11.7. The Bertz CT molecular complexity index is 432. The van der Waals surface area contributed by atoms with E-state index in [1.807, 2.05) is 13.8 Å². The molecule has 0 bridgehead atoms. The standard InChI is InChI=1S/C15H20INO2.C2H6.CH4O.H2/c1-2-13(19-15(18)17-12-8-9-12)10-11-6-4-3-5-7-14(11)16;2*1-2;/h4-7,12-13H,2-3,8-10H2,1H3,(H,17,18);1-2H3;2H,1H3;1H/t13-;;;/m0.../s1. The molecule has 0 heterocycles. The third-order valence-electron chi connectivity index (χ3n) is 3.24. The van der Waals surface area contributed by atoms with E-state index >= 15 is 0 Å². The number of nitrogens with one attached hydrogen (secondary N) is 1. The number of halogens is 1. The first-order valence-corrected chi connectivity index (χ1v) is 9.40. The highest BCUT2D eigenvalue weighted by molar-refractivity contribution is 14.1. The van der Waals surface area contributed by atoms with Crippen molar-refractivity contribution in [3.05, 3.63) is 33.5 Å². The van der Waals surface area contributed by atoms with Crippen molar-refractivity contribution in [1.82, 2.24) is 5.32 Å². The molecular formula is C18H32INO3. The van der Waals surface area contributed by atoms with Crippen molar-refractivity contribution in [2.75, 3.05) is 7.11 Å². The fourth-order valence-corrected chi connectivity index (χ4v) is 2.56. The van der Waals surface area contributed by atoms with E-state index < -0.39 is 0 Å². The van der Waals surface area contributed by atoms with Gasteiger partial charge in [0.1, 0.15) is 6.10 Å². The summed E-state index contributed by atoms with van der Waals surface area (Å²) in [5, 5.41) is 9.87. The second-order valence-corrected chi connectivity index (χ2v) is 6.13. The molecule has 5 heteroatoms. The molecule has 0 unspecified atom stereocenters. The van der Waals surface area contributed by atoms with E-state index in [0.29, 0.717) is 6.04 Å². The van der Waals surface area contributed by atoms with Crippen molar-refractivity contribution in [2.24, 2.45) is 0 Å². The maximum Gasteiger partial charge on any atom is 0.407 e. The molecule has 1 atom stereocenters. The highest BCUT2D eigenvalue weighted by atomic mass is 127. The van der Waals surface area contributed by atoms with Gasteiger partial charge in [0, 0.05) is 24.6 Å². The Labute approximate surface area is 155 Å². The maximum absolute atomic E-state index is 11.7. The molecule has 0 aromatic rings. The summed E-state index contributed by atoms with van der Waals surface area (Å²) in [6, 6.07) is 0.352. The van der Waals surface area contributed by atoms with Gasteiger partial charge in [-0.2, -0.15) is 0 Å². The molecule has 0 radical (unpaired) electrons. The molecule has 0 aliphatic heterocycles. The molecule has 1 saturated carbocycles. The number of carbonyl (C=O) groups excluding carboxylic acids is 1. The topological polar surface area (TPSA) is 58.6 Å². The lowest BCUT2D eigenvalue weighted by atomic mass is 10.1. The molecular weight excluding hydrogens is 405 g/mol. The van der Waals surface area contributed by atoms with Gasteiger partial charge in [0.25, 0.3) is 0 Å². The average molecular weight is 437 g/mol. The number of allylic oxidation sites excluding steroid dienone is 5. The van der Waals surface area contributed by atoms with Crippen molar-refractivity contribution < 1.29 is 16.1 Å². The highest BCUT2D eigenvalue weighted by Gasteiger charge is 2.25. The lowest BCUT2D eigenvalue weighted by molar-refractivity contribution is 0.0952. The first kappa shape index (κ1) is 22.2. The van der Waals surface area contributed by atoms with E-state index in [9.17, 15) is 4.79 Å². The molecule has 0 aromatic carbocycles. The highest BCUT2D eigenvalue weighted by Crippen LogP contribution is 2.25. The van der Waals surface area contributed by atoms with Crippen LogP contribution in [0.5, 0.6) is 0 Å². The van der Waals surface area contributed by atoms with Gasteiger partial charge >= 0.3 is 6.09 Å². The largest absolute Gasteiger partial charge is 0.446 e. The molecule has 1 amide bonds. The summed E-state index contributed by atoms with van der Waals surface area (Å²) in [7, 11) is 1.00. The number of alkyl carbamates (subject to hydrolysis) is 1. The second kappa shape index (κ2) is 13.6. The Hall–Kier alpha value is -0.820. The molecule has 0 aromatic heterocycles. The van der Waals surface area contributed by atoms with E-state index in [1.165, 1.54) is 9.15 Å². The Morgan fingerprint density at radius 2 is 2.00 bits per heavy atom. The third kappa shape index (κ3) is 9.81. The molecule has 134 valence electrons. The molecule has 0 saturated heterocycles. The van der Waals surface area contributed by atoms with Crippen LogP contribution in [0, 0.1) is 0 Å². The molecule has 2 rings (SSSR count). The lowest BCUT2D eigenvalue weighted by Gasteiger charge is -2.17. The summed E-state index contributed by atoms with van der Waals surface area (Å²) >= 11 is 2.34. The quantitative estimate of drug-likeness (QED) is 0.587. The number of carbonyl (C=O) groups is 1. The fourth-order valence-electron chi connectivity index (χ4n) is 1.91. The van der Waals surface area contributed by atoms with Crippen LogP contribution in [0.3, 0.4) is 0 Å². The van der Waals surface area contributed by atoms with Crippen LogP contribution in [0.4, 0.5) is 4.79 Å². The molecule has 2 aliphatic rings. The number of aliphatic hydroxyl groups is 1. The van der Waals surface area contributed by atoms with Crippen LogP contribution < -0.4 is 5.32 Å². The molecule has 23 heavy (non-hydrogen) atoms. The van der Waals surface area contributed by atoms with Crippen molar-refractivity contribution in [2.45, 2.75) is 65.0 Å². The van der Waals surface area contributed by atoms with Crippen molar-refractivity contribution in [1.29, 1.82) is 0 Å². The maximum atomic E-state index is 11.7. The number of aliphatic hydroxyl groups excluding tert-OH is 1. The Morgan fingerprint density at radius 3 is 2.57 bits per heavy atom. The number of hydrogen-bond acceptors (Lipinski definition) is 3. The average Bonchev–Trinajstić information content (AvgIpc) is 3.40. The smallest absolute Gasteiger partial charge is 0.407 e. The van der Waals surface area contributed by atoms with Gasteiger partial charge in [-0.05, 0) is 53.8 Å². The fraction of sp³-hybridized carbons (Fsp3) is 0.611. The van der Waals surface area contributed by atoms with Crippen molar-refractivity contribution in [3.8, 4) is 0 Å². The molecule has 4 nitrogen and oxygen atoms in total. The summed E-state index contributed by atoms with van der Waals surface area (Å²) in [5.41, 5.74) is 1.25. The van der Waals surface area contributed by atoms with Gasteiger partial charge in [0.2, 0.25) is 0 Å². The normalized spacial score (nSPS) is 17.1. The predicted molar refractivity (Wildman–Crippen MR) is 107 cm³/mol. The molecule has 1 fully saturated rings. The lowest BCUT2D eigenvalue weighted by Crippen LogP contribution is -2.30. The second-order valence-electron chi connectivity index (χ2n) is 4.97. The first-order valence-electron chi connectivity index (χ1n) is 8.32. The summed E-state index contributed by atoms with van der Waals surface area (Å²) in [5.74, 6) is 0. The van der Waals surface area contributed by atoms with Crippen LogP contribution in [-0.2, 0) is 4.74 Å². The Kier molecular flexibility index (Phi) is 13.1. The van der Waals surface area contributed by atoms with Gasteiger partial charge in [-0.3, -0.25) is 0 Å². The van der Waals surface area contributed by atoms with E-state index in [2.05, 4.69) is 59.1 Å². The number of rotatable bonds is 5. The summed E-state index contributed by atoms with van der Waals surface area (Å²) in [6.07, 6.45) is 13.0. The van der Waals surface area contributed by atoms with Crippen molar-refractivity contribution >= 4 is 28.7 Å². The Morgan fingerprint density at radius 1 is 1.39 bits per heavy atom. The van der Waals surface area contributed by atoms with Gasteiger partial charge in [-0.15, -0.1) is 0 Å². The van der Waals surface area contributed by atoms with Gasteiger partial charge in [-0.1, -0.05) is 45.1 Å². The third-order valence-corrected chi connectivity index (χ3v) is 4.29. The number of ether oxygens (including phenoxy) is 1. The zero-order valence-corrected chi connectivity index (χ0v) is 16.8. The van der Waals surface area contributed by atoms with E-state index in [0.717, 1.165) is 39.2 Å². The minimum Gasteiger partial charge on any atom is -0.446 e. The molecule has 2 aliphatic carbocycles. The van der Waals surface area contributed by atoms with Crippen LogP contribution in [0.1, 0.15) is 54.3 Å². The zero-order valence-electron chi connectivity index (χ0n) is 14.6. The van der Waals surface area contributed by atoms with Crippen molar-refractivity contribution in [3.63, 3.8) is 0 Å². The van der Waals surface area contributed by atoms with Gasteiger partial charge < -0.3 is 15.2 Å².